The Labute approximate surface area is 110 Å². The smallest absolute Gasteiger partial charge is 0.211 e. The fourth-order valence-corrected chi connectivity index (χ4v) is 4.23. The Kier molecular flexibility index (Phi) is 4.31. The molecule has 6 heteroatoms. The second-order valence-corrected chi connectivity index (χ2v) is 7.76. The van der Waals surface area contributed by atoms with Crippen LogP contribution in [0.1, 0.15) is 26.2 Å². The van der Waals surface area contributed by atoms with Crippen LogP contribution in [0.15, 0.2) is 0 Å². The van der Waals surface area contributed by atoms with Gasteiger partial charge in [0.2, 0.25) is 10.0 Å². The largest absolute Gasteiger partial charge is 0.330 e. The van der Waals surface area contributed by atoms with Gasteiger partial charge in [0.15, 0.2) is 0 Å². The van der Waals surface area contributed by atoms with E-state index in [2.05, 4.69) is 11.8 Å². The Balaban J connectivity index is 1.90. The second-order valence-electron chi connectivity index (χ2n) is 5.78. The number of piperidine rings is 1. The van der Waals surface area contributed by atoms with Crippen molar-refractivity contribution in [1.82, 2.24) is 9.21 Å². The Morgan fingerprint density at radius 1 is 1.28 bits per heavy atom. The highest BCUT2D eigenvalue weighted by atomic mass is 32.2. The molecule has 2 aliphatic rings. The Bertz CT molecular complexity index is 377. The average molecular weight is 275 g/mol. The van der Waals surface area contributed by atoms with E-state index in [4.69, 9.17) is 5.73 Å². The maximum absolute atomic E-state index is 11.5. The Hall–Kier alpha value is -0.170. The number of sulfonamides is 1. The van der Waals surface area contributed by atoms with Crippen LogP contribution in [0.25, 0.3) is 0 Å². The minimum atomic E-state index is -3.01. The summed E-state index contributed by atoms with van der Waals surface area (Å²) in [7, 11) is -3.01. The molecule has 2 rings (SSSR count). The third kappa shape index (κ3) is 3.04. The molecule has 2 aliphatic heterocycles. The van der Waals surface area contributed by atoms with Crippen molar-refractivity contribution in [3.8, 4) is 0 Å². The predicted molar refractivity (Wildman–Crippen MR) is 72.8 cm³/mol. The number of hydrogen-bond donors (Lipinski definition) is 1. The van der Waals surface area contributed by atoms with Crippen molar-refractivity contribution in [3.63, 3.8) is 0 Å². The summed E-state index contributed by atoms with van der Waals surface area (Å²) in [5.41, 5.74) is 5.75. The molecule has 2 N–H and O–H groups in total. The molecule has 0 saturated carbocycles. The van der Waals surface area contributed by atoms with Crippen LogP contribution in [0.5, 0.6) is 0 Å². The molecule has 0 spiro atoms. The first-order valence-electron chi connectivity index (χ1n) is 6.82. The first-order valence-corrected chi connectivity index (χ1v) is 8.67. The maximum Gasteiger partial charge on any atom is 0.211 e. The quantitative estimate of drug-likeness (QED) is 0.792. The van der Waals surface area contributed by atoms with Crippen LogP contribution < -0.4 is 5.73 Å². The Morgan fingerprint density at radius 3 is 2.33 bits per heavy atom. The molecule has 0 radical (unpaired) electrons. The maximum atomic E-state index is 11.5. The molecule has 18 heavy (non-hydrogen) atoms. The minimum Gasteiger partial charge on any atom is -0.330 e. The van der Waals surface area contributed by atoms with E-state index in [1.54, 1.807) is 4.31 Å². The number of likely N-dealkylation sites (tertiary alicyclic amines) is 1. The van der Waals surface area contributed by atoms with Gasteiger partial charge < -0.3 is 5.73 Å². The number of hydrogen-bond acceptors (Lipinski definition) is 4. The van der Waals surface area contributed by atoms with Gasteiger partial charge in [-0.15, -0.1) is 0 Å². The standard InChI is InChI=1S/C12H25N3O2S/c1-10-7-11(8-13)9-15(10)12-3-5-14(6-4-12)18(2,16)17/h10-12H,3-9,13H2,1-2H3. The topological polar surface area (TPSA) is 66.6 Å². The summed E-state index contributed by atoms with van der Waals surface area (Å²) in [6.07, 6.45) is 4.39. The first-order chi connectivity index (χ1) is 8.41. The summed E-state index contributed by atoms with van der Waals surface area (Å²) in [5.74, 6) is 0.618. The zero-order chi connectivity index (χ0) is 13.3. The second kappa shape index (κ2) is 5.45. The van der Waals surface area contributed by atoms with E-state index in [0.717, 1.165) is 25.9 Å². The van der Waals surface area contributed by atoms with E-state index in [1.807, 2.05) is 0 Å². The van der Waals surface area contributed by atoms with E-state index < -0.39 is 10.0 Å². The van der Waals surface area contributed by atoms with Crippen LogP contribution in [0.3, 0.4) is 0 Å². The molecule has 2 unspecified atom stereocenters. The molecule has 2 fully saturated rings. The Morgan fingerprint density at radius 2 is 1.89 bits per heavy atom. The van der Waals surface area contributed by atoms with Gasteiger partial charge in [0.25, 0.3) is 0 Å². The van der Waals surface area contributed by atoms with Gasteiger partial charge in [-0.05, 0) is 38.6 Å². The van der Waals surface area contributed by atoms with E-state index in [9.17, 15) is 8.42 Å². The predicted octanol–water partition coefficient (Wildman–Crippen LogP) is 0.0795. The molecule has 0 aliphatic carbocycles. The van der Waals surface area contributed by atoms with Gasteiger partial charge in [0.1, 0.15) is 0 Å². The zero-order valence-electron chi connectivity index (χ0n) is 11.4. The zero-order valence-corrected chi connectivity index (χ0v) is 12.2. The lowest BCUT2D eigenvalue weighted by Gasteiger charge is -2.37. The molecule has 5 nitrogen and oxygen atoms in total. The van der Waals surface area contributed by atoms with Crippen molar-refractivity contribution in [2.75, 3.05) is 32.4 Å². The lowest BCUT2D eigenvalue weighted by atomic mass is 10.0. The van der Waals surface area contributed by atoms with Crippen LogP contribution in [0.4, 0.5) is 0 Å². The van der Waals surface area contributed by atoms with Gasteiger partial charge in [-0.3, -0.25) is 4.90 Å². The van der Waals surface area contributed by atoms with Crippen molar-refractivity contribution >= 4 is 10.0 Å². The van der Waals surface area contributed by atoms with Gasteiger partial charge in [-0.1, -0.05) is 0 Å². The van der Waals surface area contributed by atoms with E-state index in [-0.39, 0.29) is 0 Å². The van der Waals surface area contributed by atoms with Crippen LogP contribution >= 0.6 is 0 Å². The minimum absolute atomic E-state index is 0.537. The monoisotopic (exact) mass is 275 g/mol. The van der Waals surface area contributed by atoms with Gasteiger partial charge in [-0.25, -0.2) is 12.7 Å². The third-order valence-electron chi connectivity index (χ3n) is 4.40. The lowest BCUT2D eigenvalue weighted by Crippen LogP contribution is -2.47. The van der Waals surface area contributed by atoms with Crippen molar-refractivity contribution in [2.24, 2.45) is 11.7 Å². The van der Waals surface area contributed by atoms with Gasteiger partial charge in [-0.2, -0.15) is 0 Å². The van der Waals surface area contributed by atoms with E-state index in [1.165, 1.54) is 12.7 Å². The molecule has 0 bridgehead atoms. The fourth-order valence-electron chi connectivity index (χ4n) is 3.36. The van der Waals surface area contributed by atoms with Crippen LogP contribution in [-0.2, 0) is 10.0 Å². The van der Waals surface area contributed by atoms with E-state index >= 15 is 0 Å². The highest BCUT2D eigenvalue weighted by Crippen LogP contribution is 2.29. The van der Waals surface area contributed by atoms with Crippen molar-refractivity contribution in [3.05, 3.63) is 0 Å². The highest BCUT2D eigenvalue weighted by Gasteiger charge is 2.35. The summed E-state index contributed by atoms with van der Waals surface area (Å²) < 4.78 is 24.5. The first kappa shape index (κ1) is 14.2. The summed E-state index contributed by atoms with van der Waals surface area (Å²) in [6, 6.07) is 1.13. The third-order valence-corrected chi connectivity index (χ3v) is 5.71. The molecule has 2 atom stereocenters. The molecule has 0 aromatic heterocycles. The molecule has 2 saturated heterocycles. The highest BCUT2D eigenvalue weighted by molar-refractivity contribution is 7.88. The van der Waals surface area contributed by atoms with Gasteiger partial charge in [0, 0.05) is 31.7 Å². The number of rotatable bonds is 3. The molecular weight excluding hydrogens is 250 g/mol. The van der Waals surface area contributed by atoms with Crippen molar-refractivity contribution in [2.45, 2.75) is 38.3 Å². The molecule has 0 aromatic rings. The SMILES string of the molecule is CC1CC(CN)CN1C1CCN(S(C)(=O)=O)CC1. The molecule has 106 valence electrons. The fraction of sp³-hybridized carbons (Fsp3) is 1.00. The molecular formula is C12H25N3O2S. The molecule has 0 amide bonds. The normalized spacial score (nSPS) is 33.1. The number of nitrogens with zero attached hydrogens (tertiary/aromatic N) is 2. The van der Waals surface area contributed by atoms with Gasteiger partial charge in [0.05, 0.1) is 6.26 Å². The van der Waals surface area contributed by atoms with Crippen molar-refractivity contribution in [1.29, 1.82) is 0 Å². The van der Waals surface area contributed by atoms with Gasteiger partial charge >= 0.3 is 0 Å². The molecule has 2 heterocycles. The summed E-state index contributed by atoms with van der Waals surface area (Å²) in [5, 5.41) is 0. The summed E-state index contributed by atoms with van der Waals surface area (Å²) >= 11 is 0. The molecule has 0 aromatic carbocycles. The van der Waals surface area contributed by atoms with Crippen molar-refractivity contribution < 1.29 is 8.42 Å². The van der Waals surface area contributed by atoms with Crippen LogP contribution in [0, 0.1) is 5.92 Å². The average Bonchev–Trinajstić information content (AvgIpc) is 2.70. The summed E-state index contributed by atoms with van der Waals surface area (Å²) in [6.45, 7) is 5.45. The van der Waals surface area contributed by atoms with Crippen LogP contribution in [0.2, 0.25) is 0 Å². The van der Waals surface area contributed by atoms with E-state index in [0.29, 0.717) is 31.1 Å². The lowest BCUT2D eigenvalue weighted by molar-refractivity contribution is 0.132. The van der Waals surface area contributed by atoms with Crippen LogP contribution in [-0.4, -0.2) is 62.1 Å². The summed E-state index contributed by atoms with van der Waals surface area (Å²) in [4.78, 5) is 2.54. The number of nitrogens with two attached hydrogens (primary N) is 1.